The molecule has 0 aliphatic heterocycles. The third kappa shape index (κ3) is 3.46. The van der Waals surface area contributed by atoms with Crippen molar-refractivity contribution in [2.75, 3.05) is 0 Å². The van der Waals surface area contributed by atoms with Crippen LogP contribution in [0.1, 0.15) is 0 Å². The van der Waals surface area contributed by atoms with E-state index in [9.17, 15) is 5.11 Å². The van der Waals surface area contributed by atoms with Crippen LogP contribution in [-0.2, 0) is 0 Å². The quantitative estimate of drug-likeness (QED) is 0.591. The fourth-order valence-electron chi connectivity index (χ4n) is 2.83. The Morgan fingerprint density at radius 2 is 1.48 bits per heavy atom. The number of phenols is 1. The number of halogens is 2. The van der Waals surface area contributed by atoms with Crippen LogP contribution in [-0.4, -0.2) is 10.1 Å². The van der Waals surface area contributed by atoms with Gasteiger partial charge in [-0.25, -0.2) is 4.98 Å². The molecule has 4 aromatic rings. The van der Waals surface area contributed by atoms with Gasteiger partial charge in [-0.1, -0.05) is 41.9 Å². The molecule has 25 heavy (non-hydrogen) atoms. The second-order valence-corrected chi connectivity index (χ2v) is 6.07. The Kier molecular flexibility index (Phi) is 4.93. The lowest BCUT2D eigenvalue weighted by atomic mass is 9.98. The minimum Gasteiger partial charge on any atom is -1.00 e. The van der Waals surface area contributed by atoms with E-state index < -0.39 is 0 Å². The predicted octanol–water partition coefficient (Wildman–Crippen LogP) is 2.93. The van der Waals surface area contributed by atoms with E-state index >= 15 is 0 Å². The van der Waals surface area contributed by atoms with E-state index in [-0.39, 0.29) is 18.2 Å². The van der Waals surface area contributed by atoms with Crippen LogP contribution in [0.2, 0.25) is 5.02 Å². The first-order chi connectivity index (χ1) is 11.7. The highest BCUT2D eigenvalue weighted by Crippen LogP contribution is 2.33. The van der Waals surface area contributed by atoms with Crippen molar-refractivity contribution in [2.45, 2.75) is 0 Å². The zero-order valence-electron chi connectivity index (χ0n) is 13.2. The second-order valence-electron chi connectivity index (χ2n) is 5.63. The highest BCUT2D eigenvalue weighted by atomic mass is 35.5. The van der Waals surface area contributed by atoms with Gasteiger partial charge in [0.2, 0.25) is 0 Å². The summed E-state index contributed by atoms with van der Waals surface area (Å²) >= 11 is 6.20. The van der Waals surface area contributed by atoms with Gasteiger partial charge in [0.1, 0.15) is 5.75 Å². The fraction of sp³-hybridized carbons (Fsp3) is 0. The molecule has 0 fully saturated rings. The molecule has 4 rings (SSSR count). The highest BCUT2D eigenvalue weighted by molar-refractivity contribution is 6.31. The Balaban J connectivity index is 0.00000182. The van der Waals surface area contributed by atoms with Crippen molar-refractivity contribution in [3.63, 3.8) is 0 Å². The lowest BCUT2D eigenvalue weighted by molar-refractivity contribution is -0.00000562. The minimum atomic E-state index is 0. The van der Waals surface area contributed by atoms with Gasteiger partial charge in [-0.05, 0) is 59.7 Å². The fourth-order valence-corrected chi connectivity index (χ4v) is 3.01. The zero-order chi connectivity index (χ0) is 16.5. The summed E-state index contributed by atoms with van der Waals surface area (Å²) in [5, 5.41) is 11.2. The Hall–Kier alpha value is -2.55. The van der Waals surface area contributed by atoms with Gasteiger partial charge in [-0.3, -0.25) is 0 Å². The molecule has 0 spiro atoms. The summed E-state index contributed by atoms with van der Waals surface area (Å²) in [4.78, 5) is 4.76. The van der Waals surface area contributed by atoms with Crippen LogP contribution in [0.15, 0.2) is 78.9 Å². The van der Waals surface area contributed by atoms with Crippen molar-refractivity contribution in [3.8, 4) is 28.1 Å². The molecule has 0 saturated heterocycles. The average Bonchev–Trinajstić information content (AvgIpc) is 2.62. The molecule has 124 valence electrons. The first-order valence-electron chi connectivity index (χ1n) is 7.66. The van der Waals surface area contributed by atoms with E-state index in [0.29, 0.717) is 5.02 Å². The highest BCUT2D eigenvalue weighted by Gasteiger charge is 2.10. The Morgan fingerprint density at radius 3 is 2.20 bits per heavy atom. The van der Waals surface area contributed by atoms with Crippen molar-refractivity contribution < 1.29 is 17.5 Å². The van der Waals surface area contributed by atoms with Gasteiger partial charge in [-0.2, -0.15) is 0 Å². The van der Waals surface area contributed by atoms with E-state index in [0.717, 1.165) is 33.3 Å². The smallest absolute Gasteiger partial charge is 0.115 e. The zero-order valence-corrected chi connectivity index (χ0v) is 14.7. The van der Waals surface area contributed by atoms with Gasteiger partial charge in [0.05, 0.1) is 11.2 Å². The molecule has 0 amide bonds. The SMILES string of the molecule is Oc1ccc(-c2cc(-c3ccccc3)c3cc(Cl)ccc3n2)cc1.[Cl-]. The van der Waals surface area contributed by atoms with Crippen molar-refractivity contribution in [2.24, 2.45) is 0 Å². The number of hydrogen-bond acceptors (Lipinski definition) is 2. The van der Waals surface area contributed by atoms with Gasteiger partial charge in [0.25, 0.3) is 0 Å². The maximum absolute atomic E-state index is 9.50. The van der Waals surface area contributed by atoms with Gasteiger partial charge in [0.15, 0.2) is 0 Å². The summed E-state index contributed by atoms with van der Waals surface area (Å²) in [6, 6.07) is 25.1. The van der Waals surface area contributed by atoms with Crippen LogP contribution in [0, 0.1) is 0 Å². The molecule has 3 aromatic carbocycles. The second kappa shape index (κ2) is 7.14. The standard InChI is InChI=1S/C21H14ClNO.ClH/c22-16-8-11-20-19(12-16)18(14-4-2-1-3-5-14)13-21(23-20)15-6-9-17(24)10-7-15;/h1-13,24H;1H/p-1. The molecule has 1 heterocycles. The van der Waals surface area contributed by atoms with Gasteiger partial charge in [0, 0.05) is 16.0 Å². The number of benzene rings is 3. The summed E-state index contributed by atoms with van der Waals surface area (Å²) < 4.78 is 0. The molecular formula is C21H14Cl2NO-. The Labute approximate surface area is 157 Å². The number of aromatic nitrogens is 1. The van der Waals surface area contributed by atoms with E-state index in [2.05, 4.69) is 18.2 Å². The van der Waals surface area contributed by atoms with Crippen molar-refractivity contribution in [1.82, 2.24) is 4.98 Å². The van der Waals surface area contributed by atoms with Crippen LogP contribution in [0.25, 0.3) is 33.3 Å². The Morgan fingerprint density at radius 1 is 0.760 bits per heavy atom. The van der Waals surface area contributed by atoms with Crippen LogP contribution in [0.5, 0.6) is 5.75 Å². The molecule has 0 aliphatic carbocycles. The number of fused-ring (bicyclic) bond motifs is 1. The molecule has 2 nitrogen and oxygen atoms in total. The van der Waals surface area contributed by atoms with Crippen LogP contribution in [0.3, 0.4) is 0 Å². The van der Waals surface area contributed by atoms with E-state index in [1.165, 1.54) is 0 Å². The van der Waals surface area contributed by atoms with Crippen LogP contribution in [0.4, 0.5) is 0 Å². The van der Waals surface area contributed by atoms with Gasteiger partial charge < -0.3 is 17.5 Å². The van der Waals surface area contributed by atoms with E-state index in [1.807, 2.05) is 48.5 Å². The summed E-state index contributed by atoms with van der Waals surface area (Å²) in [5.74, 6) is 0.245. The number of hydrogen-bond donors (Lipinski definition) is 1. The molecule has 1 aromatic heterocycles. The molecule has 0 bridgehead atoms. The monoisotopic (exact) mass is 366 g/mol. The largest absolute Gasteiger partial charge is 1.00 e. The summed E-state index contributed by atoms with van der Waals surface area (Å²) in [6.45, 7) is 0. The normalized spacial score (nSPS) is 10.4. The third-order valence-corrected chi connectivity index (χ3v) is 4.25. The van der Waals surface area contributed by atoms with Crippen molar-refractivity contribution in [1.29, 1.82) is 0 Å². The molecule has 4 heteroatoms. The average molecular weight is 367 g/mol. The van der Waals surface area contributed by atoms with E-state index in [1.54, 1.807) is 12.1 Å². The maximum Gasteiger partial charge on any atom is 0.115 e. The Bertz CT molecular complexity index is 1020. The molecular weight excluding hydrogens is 353 g/mol. The summed E-state index contributed by atoms with van der Waals surface area (Å²) in [5.41, 5.74) is 4.92. The lowest BCUT2D eigenvalue weighted by Gasteiger charge is -2.11. The first kappa shape index (κ1) is 17.3. The van der Waals surface area contributed by atoms with Crippen molar-refractivity contribution in [3.05, 3.63) is 83.9 Å². The predicted molar refractivity (Wildman–Crippen MR) is 99.3 cm³/mol. The molecule has 0 saturated carbocycles. The molecule has 0 aliphatic rings. The van der Waals surface area contributed by atoms with Gasteiger partial charge >= 0.3 is 0 Å². The lowest BCUT2D eigenvalue weighted by Crippen LogP contribution is -3.00. The number of pyridine rings is 1. The van der Waals surface area contributed by atoms with Crippen LogP contribution < -0.4 is 12.4 Å². The third-order valence-electron chi connectivity index (χ3n) is 4.02. The molecule has 1 N–H and O–H groups in total. The summed E-state index contributed by atoms with van der Waals surface area (Å²) in [7, 11) is 0. The molecule has 0 unspecified atom stereocenters. The van der Waals surface area contributed by atoms with Gasteiger partial charge in [-0.15, -0.1) is 0 Å². The number of nitrogens with zero attached hydrogens (tertiary/aromatic N) is 1. The molecule has 0 atom stereocenters. The number of rotatable bonds is 2. The maximum atomic E-state index is 9.50. The first-order valence-corrected chi connectivity index (χ1v) is 8.04. The van der Waals surface area contributed by atoms with Crippen LogP contribution >= 0.6 is 11.6 Å². The van der Waals surface area contributed by atoms with E-state index in [4.69, 9.17) is 16.6 Å². The number of aromatic hydroxyl groups is 1. The molecule has 0 radical (unpaired) electrons. The minimum absolute atomic E-state index is 0. The summed E-state index contributed by atoms with van der Waals surface area (Å²) in [6.07, 6.45) is 0. The number of phenolic OH excluding ortho intramolecular Hbond substituents is 1. The van der Waals surface area contributed by atoms with Crippen molar-refractivity contribution >= 4 is 22.5 Å². The topological polar surface area (TPSA) is 33.1 Å².